The van der Waals surface area contributed by atoms with Crippen LogP contribution in [0.2, 0.25) is 0 Å². The predicted octanol–water partition coefficient (Wildman–Crippen LogP) is 0.474. The molecule has 0 bridgehead atoms. The van der Waals surface area contributed by atoms with Crippen molar-refractivity contribution in [1.29, 1.82) is 0 Å². The van der Waals surface area contributed by atoms with Gasteiger partial charge in [-0.15, -0.1) is 0 Å². The molecule has 138 valence electrons. The molecule has 0 radical (unpaired) electrons. The molecule has 1 aliphatic heterocycles. The molecule has 25 heavy (non-hydrogen) atoms. The van der Waals surface area contributed by atoms with Gasteiger partial charge in [0.15, 0.2) is 0 Å². The van der Waals surface area contributed by atoms with E-state index >= 15 is 0 Å². The Kier molecular flexibility index (Phi) is 6.38. The fraction of sp³-hybridized carbons (Fsp3) is 0.500. The first-order valence-electron chi connectivity index (χ1n) is 8.10. The van der Waals surface area contributed by atoms with Gasteiger partial charge in [0.25, 0.3) is 0 Å². The van der Waals surface area contributed by atoms with Gasteiger partial charge in [-0.25, -0.2) is 13.2 Å². The number of piperazine rings is 1. The summed E-state index contributed by atoms with van der Waals surface area (Å²) in [6, 6.07) is 7.11. The lowest BCUT2D eigenvalue weighted by atomic mass is 10.1. The summed E-state index contributed by atoms with van der Waals surface area (Å²) >= 11 is 0. The van der Waals surface area contributed by atoms with Gasteiger partial charge in [-0.3, -0.25) is 4.79 Å². The molecule has 0 aliphatic carbocycles. The highest BCUT2D eigenvalue weighted by Gasteiger charge is 2.25. The smallest absolute Gasteiger partial charge is 0.321 e. The third-order valence-electron chi connectivity index (χ3n) is 4.09. The van der Waals surface area contributed by atoms with Crippen molar-refractivity contribution in [3.63, 3.8) is 0 Å². The van der Waals surface area contributed by atoms with E-state index in [2.05, 4.69) is 10.6 Å². The van der Waals surface area contributed by atoms with Crippen LogP contribution in [0.15, 0.2) is 24.3 Å². The van der Waals surface area contributed by atoms with Crippen LogP contribution >= 0.6 is 0 Å². The Bertz CT molecular complexity index is 727. The zero-order valence-corrected chi connectivity index (χ0v) is 15.3. The van der Waals surface area contributed by atoms with E-state index in [0.717, 1.165) is 5.56 Å². The van der Waals surface area contributed by atoms with Crippen LogP contribution in [0.1, 0.15) is 12.0 Å². The first-order chi connectivity index (χ1) is 11.8. The number of hydrogen-bond acceptors (Lipinski definition) is 4. The Morgan fingerprint density at radius 2 is 1.84 bits per heavy atom. The van der Waals surface area contributed by atoms with E-state index in [9.17, 15) is 18.0 Å². The molecule has 1 aliphatic rings. The van der Waals surface area contributed by atoms with Crippen molar-refractivity contribution in [1.82, 2.24) is 14.5 Å². The summed E-state index contributed by atoms with van der Waals surface area (Å²) in [7, 11) is -1.61. The van der Waals surface area contributed by atoms with E-state index in [4.69, 9.17) is 0 Å². The zero-order valence-electron chi connectivity index (χ0n) is 14.5. The molecule has 1 fully saturated rings. The minimum Gasteiger partial charge on any atom is -0.359 e. The van der Waals surface area contributed by atoms with Gasteiger partial charge in [-0.05, 0) is 24.1 Å². The van der Waals surface area contributed by atoms with Gasteiger partial charge in [-0.1, -0.05) is 12.1 Å². The maximum Gasteiger partial charge on any atom is 0.321 e. The van der Waals surface area contributed by atoms with Crippen molar-refractivity contribution in [2.24, 2.45) is 0 Å². The highest BCUT2D eigenvalue weighted by molar-refractivity contribution is 7.88. The summed E-state index contributed by atoms with van der Waals surface area (Å²) in [6.07, 6.45) is 2.16. The molecule has 0 unspecified atom stereocenters. The number of rotatable bonds is 5. The van der Waals surface area contributed by atoms with Crippen molar-refractivity contribution in [2.75, 3.05) is 44.8 Å². The molecule has 1 heterocycles. The van der Waals surface area contributed by atoms with E-state index in [1.807, 2.05) is 18.2 Å². The third kappa shape index (κ3) is 5.71. The van der Waals surface area contributed by atoms with Crippen LogP contribution in [0.25, 0.3) is 0 Å². The van der Waals surface area contributed by atoms with Crippen LogP contribution < -0.4 is 10.6 Å². The topological polar surface area (TPSA) is 98.8 Å². The lowest BCUT2D eigenvalue weighted by Crippen LogP contribution is -2.51. The summed E-state index contributed by atoms with van der Waals surface area (Å²) in [5.74, 6) is -0.0295. The molecule has 1 aromatic rings. The number of amides is 3. The van der Waals surface area contributed by atoms with Crippen LogP contribution in [0.3, 0.4) is 0 Å². The number of nitrogens with one attached hydrogen (secondary N) is 2. The molecule has 1 saturated heterocycles. The lowest BCUT2D eigenvalue weighted by molar-refractivity contribution is -0.120. The van der Waals surface area contributed by atoms with E-state index in [1.165, 1.54) is 10.6 Å². The fourth-order valence-corrected chi connectivity index (χ4v) is 3.44. The average Bonchev–Trinajstić information content (AvgIpc) is 2.59. The highest BCUT2D eigenvalue weighted by atomic mass is 32.2. The predicted molar refractivity (Wildman–Crippen MR) is 95.8 cm³/mol. The fourth-order valence-electron chi connectivity index (χ4n) is 2.61. The molecule has 9 heteroatoms. The summed E-state index contributed by atoms with van der Waals surface area (Å²) in [5.41, 5.74) is 1.62. The van der Waals surface area contributed by atoms with E-state index < -0.39 is 10.0 Å². The number of aryl methyl sites for hydroxylation is 1. The SMILES string of the molecule is CNC(=O)CCc1cccc(NC(=O)N2CCN(S(C)(=O)=O)CC2)c1. The van der Waals surface area contributed by atoms with E-state index in [0.29, 0.717) is 44.7 Å². The first kappa shape index (κ1) is 19.2. The molecule has 2 rings (SSSR count). The Morgan fingerprint density at radius 3 is 2.44 bits per heavy atom. The van der Waals surface area contributed by atoms with Crippen molar-refractivity contribution in [3.8, 4) is 0 Å². The largest absolute Gasteiger partial charge is 0.359 e. The monoisotopic (exact) mass is 368 g/mol. The summed E-state index contributed by atoms with van der Waals surface area (Å²) in [5, 5.41) is 5.40. The first-order valence-corrected chi connectivity index (χ1v) is 9.95. The molecular formula is C16H24N4O4S. The third-order valence-corrected chi connectivity index (χ3v) is 5.40. The molecule has 0 atom stereocenters. The maximum atomic E-state index is 12.3. The lowest BCUT2D eigenvalue weighted by Gasteiger charge is -2.33. The molecular weight excluding hydrogens is 344 g/mol. The molecule has 0 saturated carbocycles. The molecule has 1 aromatic carbocycles. The Labute approximate surface area is 148 Å². The number of nitrogens with zero attached hydrogens (tertiary/aromatic N) is 2. The molecule has 2 N–H and O–H groups in total. The van der Waals surface area contributed by atoms with Crippen molar-refractivity contribution >= 4 is 27.6 Å². The van der Waals surface area contributed by atoms with Gasteiger partial charge in [0, 0.05) is 45.3 Å². The number of anilines is 1. The van der Waals surface area contributed by atoms with E-state index in [1.54, 1.807) is 18.0 Å². The van der Waals surface area contributed by atoms with Crippen LogP contribution in [-0.4, -0.2) is 69.0 Å². The number of carbonyl (C=O) groups is 2. The second kappa shape index (κ2) is 8.30. The minimum atomic E-state index is -3.21. The second-order valence-corrected chi connectivity index (χ2v) is 7.94. The summed E-state index contributed by atoms with van der Waals surface area (Å²) in [4.78, 5) is 25.2. The van der Waals surface area contributed by atoms with Gasteiger partial charge in [0.2, 0.25) is 15.9 Å². The van der Waals surface area contributed by atoms with Crippen LogP contribution in [0, 0.1) is 0 Å². The molecule has 3 amide bonds. The Morgan fingerprint density at radius 1 is 1.16 bits per heavy atom. The second-order valence-electron chi connectivity index (χ2n) is 5.95. The van der Waals surface area contributed by atoms with Gasteiger partial charge < -0.3 is 15.5 Å². The van der Waals surface area contributed by atoms with Crippen molar-refractivity contribution in [2.45, 2.75) is 12.8 Å². The minimum absolute atomic E-state index is 0.0295. The number of urea groups is 1. The van der Waals surface area contributed by atoms with Crippen LogP contribution in [0.5, 0.6) is 0 Å². The maximum absolute atomic E-state index is 12.3. The molecule has 0 spiro atoms. The summed E-state index contributed by atoms with van der Waals surface area (Å²) in [6.45, 7) is 1.32. The zero-order chi connectivity index (χ0) is 18.4. The number of hydrogen-bond donors (Lipinski definition) is 2. The average molecular weight is 368 g/mol. The van der Waals surface area contributed by atoms with Gasteiger partial charge in [-0.2, -0.15) is 4.31 Å². The number of carbonyl (C=O) groups excluding carboxylic acids is 2. The van der Waals surface area contributed by atoms with Crippen molar-refractivity contribution in [3.05, 3.63) is 29.8 Å². The standard InChI is InChI=1S/C16H24N4O4S/c1-17-15(21)7-6-13-4-3-5-14(12-13)18-16(22)19-8-10-20(11-9-19)25(2,23)24/h3-5,12H,6-11H2,1-2H3,(H,17,21)(H,18,22). The Hall–Kier alpha value is -2.13. The quantitative estimate of drug-likeness (QED) is 0.789. The van der Waals surface area contributed by atoms with Crippen LogP contribution in [-0.2, 0) is 21.2 Å². The van der Waals surface area contributed by atoms with Crippen LogP contribution in [0.4, 0.5) is 10.5 Å². The normalized spacial score (nSPS) is 15.7. The van der Waals surface area contributed by atoms with Crippen molar-refractivity contribution < 1.29 is 18.0 Å². The number of benzene rings is 1. The number of sulfonamides is 1. The molecule has 8 nitrogen and oxygen atoms in total. The van der Waals surface area contributed by atoms with Gasteiger partial charge >= 0.3 is 6.03 Å². The van der Waals surface area contributed by atoms with Gasteiger partial charge in [0.1, 0.15) is 0 Å². The highest BCUT2D eigenvalue weighted by Crippen LogP contribution is 2.14. The van der Waals surface area contributed by atoms with E-state index in [-0.39, 0.29) is 11.9 Å². The Balaban J connectivity index is 1.89. The molecule has 0 aromatic heterocycles. The van der Waals surface area contributed by atoms with Gasteiger partial charge in [0.05, 0.1) is 6.26 Å². The summed E-state index contributed by atoms with van der Waals surface area (Å²) < 4.78 is 24.4.